The first-order valence-electron chi connectivity index (χ1n) is 17.0. The molecule has 278 valence electrons. The highest BCUT2D eigenvalue weighted by atomic mass is 19.4. The lowest BCUT2D eigenvalue weighted by Gasteiger charge is -2.15. The van der Waals surface area contributed by atoms with Gasteiger partial charge in [0.2, 0.25) is 0 Å². The Morgan fingerprint density at radius 3 is 0.733 bits per heavy atom. The van der Waals surface area contributed by atoms with Crippen molar-refractivity contribution in [2.75, 3.05) is 0 Å². The molecular weight excluding hydrogens is 783 g/mol. The monoisotopic (exact) mass is 792 g/mol. The summed E-state index contributed by atoms with van der Waals surface area (Å²) in [6.45, 7) is 0. The van der Waals surface area contributed by atoms with Gasteiger partial charge >= 0.3 is 12.4 Å². The van der Waals surface area contributed by atoms with Crippen molar-refractivity contribution in [1.29, 1.82) is 42.1 Å². The van der Waals surface area contributed by atoms with Gasteiger partial charge in [0, 0.05) is 64.0 Å². The molecule has 0 unspecified atom stereocenters. The van der Waals surface area contributed by atoms with Crippen molar-refractivity contribution in [3.05, 3.63) is 92.7 Å². The summed E-state index contributed by atoms with van der Waals surface area (Å²) in [5.41, 5.74) is -3.32. The number of aromatic nitrogens is 2. The third-order valence-electron chi connectivity index (χ3n) is 10.8. The number of nitriles is 8. The van der Waals surface area contributed by atoms with Gasteiger partial charge in [-0.3, -0.25) is 0 Å². The summed E-state index contributed by atoms with van der Waals surface area (Å²) in [5.74, 6) is 0. The van der Waals surface area contributed by atoms with Crippen LogP contribution in [-0.4, -0.2) is 8.80 Å². The van der Waals surface area contributed by atoms with E-state index in [1.807, 2.05) is 0 Å². The lowest BCUT2D eigenvalue weighted by Crippen LogP contribution is -2.17. The van der Waals surface area contributed by atoms with Crippen LogP contribution in [0.4, 0.5) is 26.3 Å². The minimum absolute atomic E-state index is 0.0515. The predicted molar refractivity (Wildman–Crippen MR) is 203 cm³/mol. The zero-order valence-corrected chi connectivity index (χ0v) is 29.5. The minimum atomic E-state index is -4.93. The fourth-order valence-electron chi connectivity index (χ4n) is 8.41. The van der Waals surface area contributed by atoms with Crippen molar-refractivity contribution in [2.45, 2.75) is 12.4 Å². The van der Waals surface area contributed by atoms with Gasteiger partial charge in [0.05, 0.1) is 44.2 Å². The standard InChI is InChI=1S/C44H10F6N10/c45-43(46,47)23-1-33-25(19(11-51)12-52)7-37-29-5-31-32(6-30(29)38-8-26(20(13-53)14-54)34(2-23)41(33)59(37)38)40-10-28(22(17-57)18-58)36-4-24(44(48,49)50)3-35-27(21(15-55)16-56)9-39(31)60(40)42(35)36/h1-10H. The molecule has 3 aromatic carbocycles. The Morgan fingerprint density at radius 1 is 0.333 bits per heavy atom. The Balaban J connectivity index is 1.65. The Labute approximate surface area is 328 Å². The fraction of sp³-hybridized carbons (Fsp3) is 0.0455. The van der Waals surface area contributed by atoms with Crippen molar-refractivity contribution >= 4 is 98.5 Å². The SMILES string of the molecule is N#CC(C#N)=c1cc2c3cc4c(cc3c3cc(=C(C#N)C#N)c5cc(C(F)(F)F)cc1c5n23)c1cc(=C(C#N)C#N)c2cc(C(F)(F)F)cc3c(=C(C#N)C#N)cc4n1c32. The quantitative estimate of drug-likeness (QED) is 0.149. The van der Waals surface area contributed by atoms with Gasteiger partial charge in [0.15, 0.2) is 0 Å². The highest BCUT2D eigenvalue weighted by Gasteiger charge is 2.34. The van der Waals surface area contributed by atoms with Crippen LogP contribution in [0, 0.1) is 90.6 Å². The fourth-order valence-corrected chi connectivity index (χ4v) is 8.41. The van der Waals surface area contributed by atoms with Gasteiger partial charge in [0.1, 0.15) is 70.8 Å². The van der Waals surface area contributed by atoms with Crippen LogP contribution < -0.4 is 20.9 Å². The number of halogens is 6. The molecule has 9 rings (SSSR count). The summed E-state index contributed by atoms with van der Waals surface area (Å²) in [4.78, 5) is 0. The number of hydrogen-bond acceptors (Lipinski definition) is 8. The second-order valence-corrected chi connectivity index (χ2v) is 13.6. The number of nitrogens with zero attached hydrogens (tertiary/aromatic N) is 10. The molecule has 0 N–H and O–H groups in total. The van der Waals surface area contributed by atoms with Gasteiger partial charge in [-0.15, -0.1) is 0 Å². The van der Waals surface area contributed by atoms with Crippen LogP contribution in [0.25, 0.3) is 98.5 Å². The largest absolute Gasteiger partial charge is 0.416 e. The first-order chi connectivity index (χ1) is 28.7. The molecule has 0 amide bonds. The van der Waals surface area contributed by atoms with Crippen LogP contribution in [0.3, 0.4) is 0 Å². The molecule has 0 radical (unpaired) electrons. The van der Waals surface area contributed by atoms with E-state index in [1.165, 1.54) is 24.3 Å². The van der Waals surface area contributed by atoms with Crippen molar-refractivity contribution in [3.8, 4) is 48.6 Å². The molecule has 60 heavy (non-hydrogen) atoms. The van der Waals surface area contributed by atoms with E-state index in [0.717, 1.165) is 24.3 Å². The van der Waals surface area contributed by atoms with Crippen LogP contribution in [0.2, 0.25) is 0 Å². The summed E-state index contributed by atoms with van der Waals surface area (Å²) < 4.78 is 89.7. The number of alkyl halides is 6. The molecule has 10 nitrogen and oxygen atoms in total. The first kappa shape index (κ1) is 36.3. The average molecular weight is 793 g/mol. The summed E-state index contributed by atoms with van der Waals surface area (Å²) in [6, 6.07) is 25.8. The number of benzene rings is 3. The second-order valence-electron chi connectivity index (χ2n) is 13.6. The van der Waals surface area contributed by atoms with Crippen molar-refractivity contribution < 1.29 is 26.3 Å². The Bertz CT molecular complexity index is 3610. The van der Waals surface area contributed by atoms with Gasteiger partial charge in [0.25, 0.3) is 0 Å². The lowest BCUT2D eigenvalue weighted by atomic mass is 9.99. The molecule has 16 heteroatoms. The Kier molecular flexibility index (Phi) is 7.32. The Morgan fingerprint density at radius 2 is 0.550 bits per heavy atom. The number of pyridine rings is 4. The summed E-state index contributed by atoms with van der Waals surface area (Å²) in [6.07, 6.45) is -9.87. The molecule has 0 saturated heterocycles. The van der Waals surface area contributed by atoms with Crippen LogP contribution in [0.5, 0.6) is 0 Å². The molecule has 0 atom stereocenters. The van der Waals surface area contributed by atoms with E-state index >= 15 is 0 Å². The van der Waals surface area contributed by atoms with Gasteiger partial charge in [-0.25, -0.2) is 0 Å². The van der Waals surface area contributed by atoms with E-state index in [4.69, 9.17) is 0 Å². The predicted octanol–water partition coefficient (Wildman–Crippen LogP) is 6.82. The number of fused-ring (bicyclic) bond motifs is 6. The lowest BCUT2D eigenvalue weighted by molar-refractivity contribution is -0.138. The zero-order valence-electron chi connectivity index (χ0n) is 29.5. The highest BCUT2D eigenvalue weighted by Crippen LogP contribution is 2.42. The highest BCUT2D eigenvalue weighted by molar-refractivity contribution is 6.24. The Hall–Kier alpha value is -9.32. The molecule has 0 saturated carbocycles. The molecule has 0 fully saturated rings. The van der Waals surface area contributed by atoms with E-state index in [2.05, 4.69) is 0 Å². The molecule has 6 aromatic heterocycles. The summed E-state index contributed by atoms with van der Waals surface area (Å²) in [5, 5.41) is 80.1. The van der Waals surface area contributed by atoms with Crippen molar-refractivity contribution in [1.82, 2.24) is 8.80 Å². The molecule has 0 spiro atoms. The van der Waals surface area contributed by atoms with Gasteiger partial charge in [-0.1, -0.05) is 0 Å². The maximum absolute atomic E-state index is 14.4. The average Bonchev–Trinajstić information content (AvgIpc) is 3.71. The third-order valence-corrected chi connectivity index (χ3v) is 10.8. The van der Waals surface area contributed by atoms with Gasteiger partial charge < -0.3 is 8.80 Å². The van der Waals surface area contributed by atoms with Crippen molar-refractivity contribution in [3.63, 3.8) is 0 Å². The van der Waals surface area contributed by atoms with Gasteiger partial charge in [-0.05, 0) is 60.7 Å². The van der Waals surface area contributed by atoms with Crippen LogP contribution in [0.1, 0.15) is 11.1 Å². The topological polar surface area (TPSA) is 199 Å². The van der Waals surface area contributed by atoms with E-state index < -0.39 is 45.8 Å². The molecular formula is C44H10F6N10. The molecule has 0 aliphatic rings. The van der Waals surface area contributed by atoms with Gasteiger partial charge in [-0.2, -0.15) is 68.4 Å². The summed E-state index contributed by atoms with van der Waals surface area (Å²) in [7, 11) is 0. The molecule has 6 heterocycles. The number of rotatable bonds is 0. The van der Waals surface area contributed by atoms with Crippen LogP contribution >= 0.6 is 0 Å². The molecule has 9 aromatic rings. The zero-order chi connectivity index (χ0) is 42.7. The molecule has 0 bridgehead atoms. The minimum Gasteiger partial charge on any atom is -0.308 e. The van der Waals surface area contributed by atoms with E-state index in [0.29, 0.717) is 21.5 Å². The maximum Gasteiger partial charge on any atom is 0.416 e. The van der Waals surface area contributed by atoms with E-state index in [1.54, 1.807) is 69.5 Å². The van der Waals surface area contributed by atoms with E-state index in [9.17, 15) is 68.4 Å². The normalized spacial score (nSPS) is 11.7. The van der Waals surface area contributed by atoms with Crippen LogP contribution in [0.15, 0.2) is 60.7 Å². The van der Waals surface area contributed by atoms with Crippen LogP contribution in [-0.2, 0) is 12.4 Å². The van der Waals surface area contributed by atoms with Crippen molar-refractivity contribution in [2.24, 2.45) is 0 Å². The van der Waals surface area contributed by atoms with E-state index in [-0.39, 0.29) is 75.5 Å². The first-order valence-corrected chi connectivity index (χ1v) is 17.0. The molecule has 0 aliphatic heterocycles. The second kappa shape index (κ2) is 12.1. The third kappa shape index (κ3) is 4.63. The molecule has 0 aliphatic carbocycles. The number of hydrogen-bond donors (Lipinski definition) is 0. The maximum atomic E-state index is 14.4. The smallest absolute Gasteiger partial charge is 0.308 e. The summed E-state index contributed by atoms with van der Waals surface area (Å²) >= 11 is 0.